The molecule has 0 N–H and O–H groups in total. The van der Waals surface area contributed by atoms with Crippen LogP contribution in [0.3, 0.4) is 0 Å². The first kappa shape index (κ1) is 65.0. The van der Waals surface area contributed by atoms with Crippen molar-refractivity contribution in [1.29, 1.82) is 0 Å². The van der Waals surface area contributed by atoms with Gasteiger partial charge in [0.25, 0.3) is 0 Å². The molecule has 0 fully saturated rings. The predicted molar refractivity (Wildman–Crippen MR) is 302 cm³/mol. The second-order valence-corrected chi connectivity index (χ2v) is 17.6. The fourth-order valence-corrected chi connectivity index (χ4v) is 6.87. The highest BCUT2D eigenvalue weighted by molar-refractivity contribution is 5.71. The summed E-state index contributed by atoms with van der Waals surface area (Å²) in [5, 5.41) is 0. The van der Waals surface area contributed by atoms with Gasteiger partial charge in [0.05, 0.1) is 0 Å². The van der Waals surface area contributed by atoms with Crippen LogP contribution >= 0.6 is 0 Å². The predicted octanol–water partition coefficient (Wildman–Crippen LogP) is 18.6. The molecule has 0 amide bonds. The van der Waals surface area contributed by atoms with Crippen molar-refractivity contribution in [2.75, 3.05) is 13.2 Å². The van der Waals surface area contributed by atoms with E-state index in [-0.39, 0.29) is 44.0 Å². The number of carbonyl (C=O) groups is 3. The van der Waals surface area contributed by atoms with Crippen LogP contribution < -0.4 is 0 Å². The molecule has 0 rings (SSSR count). The van der Waals surface area contributed by atoms with Crippen molar-refractivity contribution in [2.45, 2.75) is 213 Å². The Morgan fingerprint density at radius 2 is 0.657 bits per heavy atom. The van der Waals surface area contributed by atoms with Crippen LogP contribution in [0.2, 0.25) is 0 Å². The lowest BCUT2D eigenvalue weighted by atomic mass is 10.1. The first-order valence-corrected chi connectivity index (χ1v) is 27.6. The van der Waals surface area contributed by atoms with Gasteiger partial charge in [-0.3, -0.25) is 14.4 Å². The lowest BCUT2D eigenvalue weighted by Gasteiger charge is -2.18. The Balaban J connectivity index is 4.60. The van der Waals surface area contributed by atoms with Crippen molar-refractivity contribution in [3.05, 3.63) is 158 Å². The molecule has 0 aromatic heterocycles. The lowest BCUT2D eigenvalue weighted by Crippen LogP contribution is -2.30. The number of allylic oxidation sites excluding steroid dienone is 26. The molecule has 6 heteroatoms. The largest absolute Gasteiger partial charge is 0.462 e. The van der Waals surface area contributed by atoms with Crippen molar-refractivity contribution in [3.63, 3.8) is 0 Å². The van der Waals surface area contributed by atoms with Gasteiger partial charge in [-0.25, -0.2) is 0 Å². The maximum atomic E-state index is 12.8. The van der Waals surface area contributed by atoms with Gasteiger partial charge in [-0.1, -0.05) is 249 Å². The zero-order valence-corrected chi connectivity index (χ0v) is 44.5. The van der Waals surface area contributed by atoms with Crippen molar-refractivity contribution < 1.29 is 28.6 Å². The molecule has 1 unspecified atom stereocenters. The number of hydrogen-bond acceptors (Lipinski definition) is 6. The Hall–Kier alpha value is -4.97. The molecule has 0 aliphatic carbocycles. The Morgan fingerprint density at radius 3 is 1.13 bits per heavy atom. The van der Waals surface area contributed by atoms with E-state index in [1.807, 2.05) is 72.9 Å². The van der Waals surface area contributed by atoms with Crippen LogP contribution in [0.25, 0.3) is 0 Å². The topological polar surface area (TPSA) is 78.9 Å². The quantitative estimate of drug-likeness (QED) is 0.0199. The standard InChI is InChI=1S/C64H98O6/c1-4-7-10-13-16-19-22-25-28-31-32-34-36-39-42-45-48-51-54-57-63(66)69-60-61(59-68-62(65)56-53-50-47-44-41-38-35-30-27-24-21-18-15-12-9-6-3)70-64(67)58-55-52-49-46-43-40-37-33-29-26-23-20-17-14-11-8-5-2/h8-9,11-12,14,16-23,25-27,29-30,33,37-38,40-41,43,47,50,61H,4-7,10,13,15,24,28,31-32,34-36,39,42,44-46,48-49,51-60H2,1-3H3/b11-8-,12-9-,17-14-,19-16-,21-18-,23-20-,25-22-,29-26-,30-27-,37-33+,41-38-,43-40-,50-47-. The van der Waals surface area contributed by atoms with Crippen molar-refractivity contribution >= 4 is 17.9 Å². The number of rotatable bonds is 47. The molecule has 70 heavy (non-hydrogen) atoms. The SMILES string of the molecule is CC\C=C/C=C\C=C/C=C\C=C\C=C/CCCCCC(=O)OC(COC(=O)CC/C=C\C/C=C\C/C=C\C/C=C\C/C=C\CC)COC(=O)CCCCCCCCCCCC/C=C\C=C/CCCCC. The number of hydrogen-bond donors (Lipinski definition) is 0. The molecule has 0 aromatic rings. The summed E-state index contributed by atoms with van der Waals surface area (Å²) >= 11 is 0. The summed E-state index contributed by atoms with van der Waals surface area (Å²) in [5.74, 6) is -1.07. The molecule has 1 atom stereocenters. The maximum absolute atomic E-state index is 12.8. The summed E-state index contributed by atoms with van der Waals surface area (Å²) < 4.78 is 16.7. The molecule has 0 radical (unpaired) electrons. The van der Waals surface area contributed by atoms with Gasteiger partial charge in [0, 0.05) is 19.3 Å². The highest BCUT2D eigenvalue weighted by Gasteiger charge is 2.19. The van der Waals surface area contributed by atoms with Gasteiger partial charge in [0.2, 0.25) is 0 Å². The fraction of sp³-hybridized carbons (Fsp3) is 0.547. The second kappa shape index (κ2) is 56.6. The summed E-state index contributed by atoms with van der Waals surface area (Å²) in [6.07, 6.45) is 82.4. The molecule has 0 bridgehead atoms. The number of carbonyl (C=O) groups excluding carboxylic acids is 3. The summed E-state index contributed by atoms with van der Waals surface area (Å²) in [7, 11) is 0. The second-order valence-electron chi connectivity index (χ2n) is 17.6. The third-order valence-corrected chi connectivity index (χ3v) is 11.0. The maximum Gasteiger partial charge on any atom is 0.306 e. The van der Waals surface area contributed by atoms with E-state index >= 15 is 0 Å². The number of unbranched alkanes of at least 4 members (excludes halogenated alkanes) is 16. The van der Waals surface area contributed by atoms with Crippen LogP contribution in [-0.2, 0) is 28.6 Å². The molecule has 0 saturated carbocycles. The summed E-state index contributed by atoms with van der Waals surface area (Å²) in [4.78, 5) is 38.1. The van der Waals surface area contributed by atoms with E-state index in [2.05, 4.69) is 106 Å². The summed E-state index contributed by atoms with van der Waals surface area (Å²) in [6, 6.07) is 0. The van der Waals surface area contributed by atoms with Crippen LogP contribution in [0.1, 0.15) is 207 Å². The zero-order chi connectivity index (χ0) is 50.7. The van der Waals surface area contributed by atoms with Crippen molar-refractivity contribution in [1.82, 2.24) is 0 Å². The van der Waals surface area contributed by atoms with E-state index < -0.39 is 6.10 Å². The fourth-order valence-electron chi connectivity index (χ4n) is 6.87. The average molecular weight is 963 g/mol. The Bertz CT molecular complexity index is 1620. The van der Waals surface area contributed by atoms with Gasteiger partial charge in [0.1, 0.15) is 13.2 Å². The zero-order valence-electron chi connectivity index (χ0n) is 44.5. The van der Waals surface area contributed by atoms with E-state index in [4.69, 9.17) is 14.2 Å². The van der Waals surface area contributed by atoms with Crippen LogP contribution in [0.4, 0.5) is 0 Å². The Morgan fingerprint density at radius 1 is 0.314 bits per heavy atom. The third kappa shape index (κ3) is 54.0. The molecule has 0 heterocycles. The summed E-state index contributed by atoms with van der Waals surface area (Å²) in [5.41, 5.74) is 0. The molecule has 0 aliphatic heterocycles. The van der Waals surface area contributed by atoms with E-state index in [1.54, 1.807) is 0 Å². The van der Waals surface area contributed by atoms with Crippen molar-refractivity contribution in [2.24, 2.45) is 0 Å². The Kier molecular flexibility index (Phi) is 52.6. The molecule has 6 nitrogen and oxygen atoms in total. The van der Waals surface area contributed by atoms with Crippen LogP contribution in [0.5, 0.6) is 0 Å². The molecule has 390 valence electrons. The normalized spacial score (nSPS) is 13.4. The number of esters is 3. The van der Waals surface area contributed by atoms with E-state index in [0.717, 1.165) is 77.0 Å². The smallest absolute Gasteiger partial charge is 0.306 e. The molecule has 0 aromatic carbocycles. The highest BCUT2D eigenvalue weighted by Crippen LogP contribution is 2.14. The van der Waals surface area contributed by atoms with E-state index in [1.165, 1.54) is 77.0 Å². The first-order valence-electron chi connectivity index (χ1n) is 27.6. The molecular weight excluding hydrogens is 865 g/mol. The van der Waals surface area contributed by atoms with Gasteiger partial charge < -0.3 is 14.2 Å². The Labute approximate surface area is 429 Å². The third-order valence-electron chi connectivity index (χ3n) is 11.0. The lowest BCUT2D eigenvalue weighted by molar-refractivity contribution is -0.166. The van der Waals surface area contributed by atoms with Crippen LogP contribution in [-0.4, -0.2) is 37.2 Å². The first-order chi connectivity index (χ1) is 34.5. The molecular formula is C64H98O6. The van der Waals surface area contributed by atoms with Gasteiger partial charge in [-0.15, -0.1) is 0 Å². The summed E-state index contributed by atoms with van der Waals surface area (Å²) in [6.45, 7) is 6.23. The van der Waals surface area contributed by atoms with Crippen LogP contribution in [0, 0.1) is 0 Å². The monoisotopic (exact) mass is 963 g/mol. The minimum absolute atomic E-state index is 0.128. The van der Waals surface area contributed by atoms with E-state index in [0.29, 0.717) is 19.3 Å². The average Bonchev–Trinajstić information content (AvgIpc) is 3.36. The molecule has 0 aliphatic rings. The van der Waals surface area contributed by atoms with Gasteiger partial charge in [-0.2, -0.15) is 0 Å². The highest BCUT2D eigenvalue weighted by atomic mass is 16.6. The molecule has 0 spiro atoms. The van der Waals surface area contributed by atoms with Crippen molar-refractivity contribution in [3.8, 4) is 0 Å². The van der Waals surface area contributed by atoms with Gasteiger partial charge >= 0.3 is 17.9 Å². The van der Waals surface area contributed by atoms with Crippen LogP contribution in [0.15, 0.2) is 158 Å². The van der Waals surface area contributed by atoms with Gasteiger partial charge in [-0.05, 0) is 96.3 Å². The molecule has 0 saturated heterocycles. The minimum atomic E-state index is -0.841. The van der Waals surface area contributed by atoms with Gasteiger partial charge in [0.15, 0.2) is 6.10 Å². The number of ether oxygens (including phenoxy) is 3. The minimum Gasteiger partial charge on any atom is -0.462 e. The van der Waals surface area contributed by atoms with E-state index in [9.17, 15) is 14.4 Å².